The van der Waals surface area contributed by atoms with Gasteiger partial charge in [0.05, 0.1) is 35.0 Å². The average molecular weight is 391 g/mol. The molecule has 0 saturated carbocycles. The summed E-state index contributed by atoms with van der Waals surface area (Å²) in [6, 6.07) is 12.1. The van der Waals surface area contributed by atoms with E-state index in [0.717, 1.165) is 16.3 Å². The maximum atomic E-state index is 13.9. The zero-order valence-corrected chi connectivity index (χ0v) is 15.5. The quantitative estimate of drug-likeness (QED) is 0.630. The van der Waals surface area contributed by atoms with Gasteiger partial charge in [0.25, 0.3) is 0 Å². The summed E-state index contributed by atoms with van der Waals surface area (Å²) in [5.74, 6) is -0.255. The molecule has 4 nitrogen and oxygen atoms in total. The molecule has 0 atom stereocenters. The Hall–Kier alpha value is -2.44. The highest BCUT2D eigenvalue weighted by Crippen LogP contribution is 2.32. The SMILES string of the molecule is CCOc1ccccc1-c1nc(CC(=O)Nc2cccc(Cl)c2F)cs1. The summed E-state index contributed by atoms with van der Waals surface area (Å²) in [4.78, 5) is 16.7. The molecule has 3 aromatic rings. The van der Waals surface area contributed by atoms with Crippen LogP contribution in [0, 0.1) is 5.82 Å². The van der Waals surface area contributed by atoms with Crippen LogP contribution in [-0.2, 0) is 11.2 Å². The van der Waals surface area contributed by atoms with Gasteiger partial charge < -0.3 is 10.1 Å². The number of anilines is 1. The van der Waals surface area contributed by atoms with Crippen molar-refractivity contribution in [1.29, 1.82) is 0 Å². The number of para-hydroxylation sites is 1. The number of carbonyl (C=O) groups excluding carboxylic acids is 1. The molecule has 0 spiro atoms. The van der Waals surface area contributed by atoms with E-state index in [4.69, 9.17) is 16.3 Å². The van der Waals surface area contributed by atoms with Crippen molar-refractivity contribution in [3.05, 3.63) is 64.4 Å². The van der Waals surface area contributed by atoms with E-state index in [1.54, 1.807) is 6.07 Å². The molecular weight excluding hydrogens is 375 g/mol. The van der Waals surface area contributed by atoms with Crippen LogP contribution in [0.5, 0.6) is 5.75 Å². The highest BCUT2D eigenvalue weighted by atomic mass is 35.5. The van der Waals surface area contributed by atoms with E-state index in [-0.39, 0.29) is 23.0 Å². The standard InChI is InChI=1S/C19H16ClFN2O2S/c1-2-25-16-9-4-3-6-13(16)19-22-12(11-26-19)10-17(24)23-15-8-5-7-14(20)18(15)21/h3-9,11H,2,10H2,1H3,(H,23,24). The molecule has 0 radical (unpaired) electrons. The van der Waals surface area contributed by atoms with Crippen LogP contribution in [0.25, 0.3) is 10.6 Å². The number of benzene rings is 2. The number of nitrogens with one attached hydrogen (secondary N) is 1. The molecule has 1 N–H and O–H groups in total. The summed E-state index contributed by atoms with van der Waals surface area (Å²) in [7, 11) is 0. The third-order valence-electron chi connectivity index (χ3n) is 3.54. The van der Waals surface area contributed by atoms with Crippen LogP contribution in [0.3, 0.4) is 0 Å². The molecule has 2 aromatic carbocycles. The predicted octanol–water partition coefficient (Wildman–Crippen LogP) is 5.18. The number of halogens is 2. The summed E-state index contributed by atoms with van der Waals surface area (Å²) in [6.45, 7) is 2.48. The second-order valence-corrected chi connectivity index (χ2v) is 6.66. The van der Waals surface area contributed by atoms with Gasteiger partial charge in [0, 0.05) is 5.38 Å². The van der Waals surface area contributed by atoms with Gasteiger partial charge in [-0.25, -0.2) is 9.37 Å². The van der Waals surface area contributed by atoms with Crippen molar-refractivity contribution < 1.29 is 13.9 Å². The Labute approximate surface area is 159 Å². The second-order valence-electron chi connectivity index (χ2n) is 5.40. The van der Waals surface area contributed by atoms with Gasteiger partial charge in [0.2, 0.25) is 5.91 Å². The Morgan fingerprint density at radius 1 is 1.27 bits per heavy atom. The van der Waals surface area contributed by atoms with E-state index in [9.17, 15) is 9.18 Å². The van der Waals surface area contributed by atoms with Crippen molar-refractivity contribution in [3.63, 3.8) is 0 Å². The molecule has 0 bridgehead atoms. The highest BCUT2D eigenvalue weighted by Gasteiger charge is 2.14. The Bertz CT molecular complexity index is 929. The Balaban J connectivity index is 1.73. The molecule has 0 aliphatic heterocycles. The fourth-order valence-corrected chi connectivity index (χ4v) is 3.42. The van der Waals surface area contributed by atoms with E-state index >= 15 is 0 Å². The van der Waals surface area contributed by atoms with Crippen LogP contribution in [0.2, 0.25) is 5.02 Å². The zero-order valence-electron chi connectivity index (χ0n) is 14.0. The number of nitrogens with zero attached hydrogens (tertiary/aromatic N) is 1. The summed E-state index contributed by atoms with van der Waals surface area (Å²) in [6.07, 6.45) is 0.0409. The molecule has 0 saturated heterocycles. The van der Waals surface area contributed by atoms with E-state index in [1.165, 1.54) is 23.5 Å². The van der Waals surface area contributed by atoms with Crippen LogP contribution < -0.4 is 10.1 Å². The number of ether oxygens (including phenoxy) is 1. The number of carbonyl (C=O) groups is 1. The first-order valence-corrected chi connectivity index (χ1v) is 9.24. The third kappa shape index (κ3) is 4.20. The molecule has 26 heavy (non-hydrogen) atoms. The predicted molar refractivity (Wildman–Crippen MR) is 102 cm³/mol. The van der Waals surface area contributed by atoms with Crippen LogP contribution >= 0.6 is 22.9 Å². The number of rotatable bonds is 6. The minimum Gasteiger partial charge on any atom is -0.493 e. The van der Waals surface area contributed by atoms with E-state index < -0.39 is 5.82 Å². The zero-order chi connectivity index (χ0) is 18.5. The molecule has 1 amide bonds. The lowest BCUT2D eigenvalue weighted by molar-refractivity contribution is -0.115. The lowest BCUT2D eigenvalue weighted by Crippen LogP contribution is -2.15. The van der Waals surface area contributed by atoms with Crippen LogP contribution in [0.4, 0.5) is 10.1 Å². The van der Waals surface area contributed by atoms with Crippen LogP contribution in [-0.4, -0.2) is 17.5 Å². The van der Waals surface area contributed by atoms with Crippen molar-refractivity contribution in [1.82, 2.24) is 4.98 Å². The topological polar surface area (TPSA) is 51.2 Å². The van der Waals surface area contributed by atoms with Crippen molar-refractivity contribution in [3.8, 4) is 16.3 Å². The van der Waals surface area contributed by atoms with E-state index in [2.05, 4.69) is 10.3 Å². The average Bonchev–Trinajstić information content (AvgIpc) is 3.08. The van der Waals surface area contributed by atoms with Crippen molar-refractivity contribution >= 4 is 34.5 Å². The summed E-state index contributed by atoms with van der Waals surface area (Å²) in [5.41, 5.74) is 1.54. The van der Waals surface area contributed by atoms with Crippen molar-refractivity contribution in [2.24, 2.45) is 0 Å². The maximum absolute atomic E-state index is 13.9. The van der Waals surface area contributed by atoms with E-state index in [0.29, 0.717) is 12.3 Å². The second kappa shape index (κ2) is 8.29. The molecule has 1 heterocycles. The molecular formula is C19H16ClFN2O2S. The fraction of sp³-hybridized carbons (Fsp3) is 0.158. The molecule has 0 aliphatic carbocycles. The number of amides is 1. The Kier molecular flexibility index (Phi) is 5.85. The van der Waals surface area contributed by atoms with Gasteiger partial charge in [-0.3, -0.25) is 4.79 Å². The molecule has 0 unspecified atom stereocenters. The first-order chi connectivity index (χ1) is 12.6. The lowest BCUT2D eigenvalue weighted by atomic mass is 10.2. The minimum absolute atomic E-state index is 0.0359. The number of hydrogen-bond donors (Lipinski definition) is 1. The minimum atomic E-state index is -0.646. The molecule has 1 aromatic heterocycles. The monoisotopic (exact) mass is 390 g/mol. The maximum Gasteiger partial charge on any atom is 0.230 e. The smallest absolute Gasteiger partial charge is 0.230 e. The van der Waals surface area contributed by atoms with Gasteiger partial charge in [-0.15, -0.1) is 11.3 Å². The number of aromatic nitrogens is 1. The van der Waals surface area contributed by atoms with Gasteiger partial charge in [-0.1, -0.05) is 29.8 Å². The summed E-state index contributed by atoms with van der Waals surface area (Å²) >= 11 is 7.15. The normalized spacial score (nSPS) is 10.6. The molecule has 0 aliphatic rings. The van der Waals surface area contributed by atoms with E-state index in [1.807, 2.05) is 36.6 Å². The van der Waals surface area contributed by atoms with Crippen LogP contribution in [0.1, 0.15) is 12.6 Å². The van der Waals surface area contributed by atoms with Crippen molar-refractivity contribution in [2.75, 3.05) is 11.9 Å². The molecule has 3 rings (SSSR count). The summed E-state index contributed by atoms with van der Waals surface area (Å²) < 4.78 is 19.5. The lowest BCUT2D eigenvalue weighted by Gasteiger charge is -2.07. The Morgan fingerprint density at radius 3 is 2.88 bits per heavy atom. The van der Waals surface area contributed by atoms with Gasteiger partial charge in [0.15, 0.2) is 5.82 Å². The largest absolute Gasteiger partial charge is 0.493 e. The van der Waals surface area contributed by atoms with Gasteiger partial charge in [0.1, 0.15) is 10.8 Å². The van der Waals surface area contributed by atoms with Gasteiger partial charge in [-0.05, 0) is 31.2 Å². The number of thiazole rings is 1. The fourth-order valence-electron chi connectivity index (χ4n) is 2.40. The molecule has 7 heteroatoms. The van der Waals surface area contributed by atoms with Gasteiger partial charge in [-0.2, -0.15) is 0 Å². The van der Waals surface area contributed by atoms with Gasteiger partial charge >= 0.3 is 0 Å². The molecule has 0 fully saturated rings. The molecule has 134 valence electrons. The first-order valence-electron chi connectivity index (χ1n) is 7.99. The summed E-state index contributed by atoms with van der Waals surface area (Å²) in [5, 5.41) is 5.07. The Morgan fingerprint density at radius 2 is 2.08 bits per heavy atom. The highest BCUT2D eigenvalue weighted by molar-refractivity contribution is 7.13. The third-order valence-corrected chi connectivity index (χ3v) is 4.75. The van der Waals surface area contributed by atoms with Crippen LogP contribution in [0.15, 0.2) is 47.8 Å². The number of hydrogen-bond acceptors (Lipinski definition) is 4. The first kappa shape index (κ1) is 18.4. The van der Waals surface area contributed by atoms with Crippen molar-refractivity contribution in [2.45, 2.75) is 13.3 Å².